The molecule has 0 radical (unpaired) electrons. The van der Waals surface area contributed by atoms with E-state index < -0.39 is 144 Å². The van der Waals surface area contributed by atoms with Gasteiger partial charge >= 0.3 is 11.9 Å². The number of carboxylic acids is 2. The maximum atomic E-state index is 15.1. The van der Waals surface area contributed by atoms with Crippen LogP contribution in [0.25, 0.3) is 10.9 Å². The number of benzene rings is 4. The van der Waals surface area contributed by atoms with Crippen molar-refractivity contribution in [2.45, 2.75) is 158 Å². The molecular formula is C67H85N13O15. The van der Waals surface area contributed by atoms with Gasteiger partial charge in [0.05, 0.1) is 18.9 Å². The first-order valence-corrected chi connectivity index (χ1v) is 31.7. The molecule has 10 atom stereocenters. The molecular weight excluding hydrogens is 1230 g/mol. The molecule has 7 rings (SSSR count). The van der Waals surface area contributed by atoms with Gasteiger partial charge in [0.2, 0.25) is 59.1 Å². The second-order valence-corrected chi connectivity index (χ2v) is 24.5. The lowest BCUT2D eigenvalue weighted by molar-refractivity contribution is -0.144. The maximum absolute atomic E-state index is 15.1. The summed E-state index contributed by atoms with van der Waals surface area (Å²) >= 11 is 0. The number of amides is 10. The highest BCUT2D eigenvalue weighted by atomic mass is 16.4. The lowest BCUT2D eigenvalue weighted by atomic mass is 10.0. The number of nitrogens with one attached hydrogen (secondary N) is 9. The number of aromatic nitrogens is 1. The zero-order valence-corrected chi connectivity index (χ0v) is 52.9. The van der Waals surface area contributed by atoms with E-state index in [-0.39, 0.29) is 75.6 Å². The molecule has 2 fully saturated rings. The molecule has 95 heavy (non-hydrogen) atoms. The number of hydrogen-bond donors (Lipinski definition) is 15. The zero-order valence-electron chi connectivity index (χ0n) is 52.9. The van der Waals surface area contributed by atoms with E-state index in [0.29, 0.717) is 46.0 Å². The normalized spacial score (nSPS) is 16.4. The van der Waals surface area contributed by atoms with Crippen molar-refractivity contribution in [1.29, 1.82) is 0 Å². The fraction of sp³-hybridized carbons (Fsp3) is 0.433. The smallest absolute Gasteiger partial charge is 0.326 e. The predicted molar refractivity (Wildman–Crippen MR) is 346 cm³/mol. The Labute approximate surface area is 548 Å². The molecule has 2 heterocycles. The van der Waals surface area contributed by atoms with Crippen molar-refractivity contribution in [1.82, 2.24) is 52.4 Å². The number of hydrogen-bond acceptors (Lipinski definition) is 15. The van der Waals surface area contributed by atoms with Crippen LogP contribution in [-0.4, -0.2) is 170 Å². The van der Waals surface area contributed by atoms with Gasteiger partial charge in [-0.3, -0.25) is 52.7 Å². The van der Waals surface area contributed by atoms with Gasteiger partial charge in [-0.15, -0.1) is 0 Å². The van der Waals surface area contributed by atoms with E-state index in [4.69, 9.17) is 17.2 Å². The molecule has 1 aromatic heterocycles. The van der Waals surface area contributed by atoms with Gasteiger partial charge in [0.1, 0.15) is 60.1 Å². The molecule has 0 bridgehead atoms. The Balaban J connectivity index is 1.11. The van der Waals surface area contributed by atoms with Gasteiger partial charge in [-0.25, -0.2) is 4.79 Å². The van der Waals surface area contributed by atoms with E-state index >= 15 is 4.79 Å². The molecule has 10 amide bonds. The number of aromatic hydroxyl groups is 1. The second kappa shape index (κ2) is 34.6. The highest BCUT2D eigenvalue weighted by Crippen LogP contribution is 2.34. The average molecular weight is 1310 g/mol. The Morgan fingerprint density at radius 2 is 1.03 bits per heavy atom. The number of carbonyl (C=O) groups excluding carboxylic acids is 10. The molecule has 508 valence electrons. The highest BCUT2D eigenvalue weighted by Gasteiger charge is 2.42. The number of phenolic OH excluding ortho intramolecular Hbond substituents is 1. The highest BCUT2D eigenvalue weighted by molar-refractivity contribution is 6.00. The number of para-hydroxylation sites is 1. The van der Waals surface area contributed by atoms with E-state index in [2.05, 4.69) is 47.5 Å². The number of H-pyrrole nitrogens is 1. The van der Waals surface area contributed by atoms with Crippen molar-refractivity contribution < 1.29 is 72.9 Å². The van der Waals surface area contributed by atoms with Gasteiger partial charge in [-0.1, -0.05) is 118 Å². The van der Waals surface area contributed by atoms with Gasteiger partial charge in [-0.2, -0.15) is 0 Å². The predicted octanol–water partition coefficient (Wildman–Crippen LogP) is -0.0295. The van der Waals surface area contributed by atoms with Crippen molar-refractivity contribution in [3.63, 3.8) is 0 Å². The zero-order chi connectivity index (χ0) is 68.9. The summed E-state index contributed by atoms with van der Waals surface area (Å²) in [4.78, 5) is 171. The van der Waals surface area contributed by atoms with Crippen LogP contribution in [0.3, 0.4) is 0 Å². The number of fused-ring (bicyclic) bond motifs is 1. The number of primary amides is 1. The third-order valence-corrected chi connectivity index (χ3v) is 16.7. The van der Waals surface area contributed by atoms with Crippen LogP contribution >= 0.6 is 0 Å². The summed E-state index contributed by atoms with van der Waals surface area (Å²) in [7, 11) is 0. The summed E-state index contributed by atoms with van der Waals surface area (Å²) in [5.74, 6) is -12.3. The third-order valence-electron chi connectivity index (χ3n) is 16.7. The Hall–Kier alpha value is -10.2. The number of phenols is 1. The third kappa shape index (κ3) is 21.7. The van der Waals surface area contributed by atoms with E-state index in [0.717, 1.165) is 12.8 Å². The lowest BCUT2D eigenvalue weighted by Crippen LogP contribution is -2.61. The number of likely N-dealkylation sites (tertiary alicyclic amines) is 1. The average Bonchev–Trinajstić information content (AvgIpc) is 1.78. The fourth-order valence-corrected chi connectivity index (χ4v) is 11.2. The van der Waals surface area contributed by atoms with E-state index in [9.17, 15) is 68.1 Å². The SMILES string of the molecule is CC(C)[C@H](N)C(=O)N[C@@H](CCCN)C(=O)N[C@@H](CC1CC1)C(=O)N[C@@H](Cc1ccc(O)cc1)C(=O)N1CCC[C@H]1C(=O)N[C@@H](Cc1ccccc1)C(=O)N[C@@H](Cc1ccccc1)C(=O)N[C@@H](CC(N)=O)C(=O)N[C@@H](CC(=O)O)C(=O)N[C@@H](Cc1c[nH]c2ccccc12)C(=O)O. The van der Waals surface area contributed by atoms with Crippen LogP contribution < -0.4 is 59.7 Å². The monoisotopic (exact) mass is 1310 g/mol. The maximum Gasteiger partial charge on any atom is 0.326 e. The summed E-state index contributed by atoms with van der Waals surface area (Å²) in [6.45, 7) is 3.76. The second-order valence-electron chi connectivity index (χ2n) is 24.5. The Morgan fingerprint density at radius 1 is 0.547 bits per heavy atom. The van der Waals surface area contributed by atoms with Crippen LogP contribution in [0.15, 0.2) is 115 Å². The standard InChI is InChI=1S/C67H85N13O15/c1-37(2)57(70)65(92)72-46(19-11-27-68)58(85)73-48(31-40-21-22-40)61(88)78-52(32-41-23-25-43(81)26-24-41)66(93)80-28-12-20-54(80)64(91)77-49(30-39-15-7-4-8-16-39)60(87)74-47(29-38-13-5-3-6-14-38)59(86)75-50(34-55(69)82)62(89)76-51(35-56(83)84)63(90)79-53(67(94)95)33-42-36-71-45-18-10-9-17-44(42)45/h3-10,13-18,23-26,36-37,40,46-54,57,71,81H,11-12,19-22,27-35,68,70H2,1-2H3,(H2,69,82)(H,72,92)(H,73,85)(H,74,87)(H,75,86)(H,76,89)(H,77,91)(H,78,88)(H,79,90)(H,83,84)(H,94,95)/t46-,47-,48-,49-,50-,51-,52-,53-,54-,57-/m0/s1. The largest absolute Gasteiger partial charge is 0.508 e. The van der Waals surface area contributed by atoms with Crippen molar-refractivity contribution in [3.8, 4) is 5.75 Å². The van der Waals surface area contributed by atoms with Crippen LogP contribution in [0.2, 0.25) is 0 Å². The van der Waals surface area contributed by atoms with Gasteiger partial charge in [-0.05, 0) is 90.9 Å². The topological polar surface area (TPSA) is 459 Å². The molecule has 5 aromatic rings. The summed E-state index contributed by atoms with van der Waals surface area (Å²) in [5, 5.41) is 51.6. The Morgan fingerprint density at radius 3 is 1.60 bits per heavy atom. The fourth-order valence-electron chi connectivity index (χ4n) is 11.2. The minimum Gasteiger partial charge on any atom is -0.508 e. The first-order valence-electron chi connectivity index (χ1n) is 31.7. The van der Waals surface area contributed by atoms with Crippen molar-refractivity contribution in [3.05, 3.63) is 138 Å². The Bertz CT molecular complexity index is 3530. The number of carbonyl (C=O) groups is 12. The first-order chi connectivity index (χ1) is 45.4. The minimum absolute atomic E-state index is 0.0352. The number of nitrogens with zero attached hydrogens (tertiary/aromatic N) is 1. The molecule has 0 unspecified atom stereocenters. The first kappa shape index (κ1) is 72.2. The van der Waals surface area contributed by atoms with Gasteiger partial charge in [0.15, 0.2) is 0 Å². The van der Waals surface area contributed by atoms with Crippen LogP contribution in [0.1, 0.15) is 93.9 Å². The minimum atomic E-state index is -1.96. The number of rotatable bonds is 36. The Kier molecular flexibility index (Phi) is 26.3. The number of aliphatic carboxylic acids is 2. The summed E-state index contributed by atoms with van der Waals surface area (Å²) in [6, 6.07) is 15.4. The summed E-state index contributed by atoms with van der Waals surface area (Å²) in [6.07, 6.45) is 1.47. The summed E-state index contributed by atoms with van der Waals surface area (Å²) in [5.41, 5.74) is 20.2. The number of carboxylic acid groups (broad SMARTS) is 2. The molecule has 1 saturated carbocycles. The number of aromatic amines is 1. The van der Waals surface area contributed by atoms with E-state index in [1.165, 1.54) is 17.0 Å². The molecule has 28 nitrogen and oxygen atoms in total. The molecule has 1 aliphatic heterocycles. The van der Waals surface area contributed by atoms with Crippen LogP contribution in [-0.2, 0) is 83.2 Å². The molecule has 18 N–H and O–H groups in total. The quantitative estimate of drug-likeness (QED) is 0.0250. The van der Waals surface area contributed by atoms with E-state index in [1.807, 2.05) is 0 Å². The van der Waals surface area contributed by atoms with Crippen LogP contribution in [0.5, 0.6) is 5.75 Å². The van der Waals surface area contributed by atoms with Gasteiger partial charge in [0.25, 0.3) is 0 Å². The molecule has 0 spiro atoms. The molecule has 2 aliphatic rings. The van der Waals surface area contributed by atoms with E-state index in [1.54, 1.807) is 117 Å². The van der Waals surface area contributed by atoms with Gasteiger partial charge in [0, 0.05) is 49.3 Å². The van der Waals surface area contributed by atoms with Crippen LogP contribution in [0.4, 0.5) is 0 Å². The molecule has 28 heteroatoms. The van der Waals surface area contributed by atoms with Crippen molar-refractivity contribution in [2.75, 3.05) is 13.1 Å². The lowest BCUT2D eigenvalue weighted by Gasteiger charge is -2.31. The molecule has 1 aliphatic carbocycles. The van der Waals surface area contributed by atoms with Gasteiger partial charge < -0.3 is 84.9 Å². The van der Waals surface area contributed by atoms with Crippen LogP contribution in [0, 0.1) is 11.8 Å². The number of nitrogens with two attached hydrogens (primary N) is 3. The molecule has 1 saturated heterocycles. The van der Waals surface area contributed by atoms with Crippen molar-refractivity contribution >= 4 is 81.9 Å². The summed E-state index contributed by atoms with van der Waals surface area (Å²) < 4.78 is 0. The van der Waals surface area contributed by atoms with Crippen molar-refractivity contribution in [2.24, 2.45) is 29.0 Å². The molecule has 4 aromatic carbocycles.